The van der Waals surface area contributed by atoms with Gasteiger partial charge < -0.3 is 10.4 Å². The molecule has 3 heterocycles. The molecule has 1 unspecified atom stereocenters. The lowest BCUT2D eigenvalue weighted by Crippen LogP contribution is -2.10. The second kappa shape index (κ2) is 8.67. The molecular weight excluding hydrogens is 441 g/mol. The summed E-state index contributed by atoms with van der Waals surface area (Å²) in [6.45, 7) is 3.99. The topological polar surface area (TPSA) is 88.8 Å². The van der Waals surface area contributed by atoms with Crippen LogP contribution < -0.4 is 5.32 Å². The fourth-order valence-corrected chi connectivity index (χ4v) is 3.85. The minimum absolute atomic E-state index is 0.153. The van der Waals surface area contributed by atoms with E-state index in [1.165, 1.54) is 11.3 Å². The van der Waals surface area contributed by atoms with E-state index in [9.17, 15) is 18.3 Å². The number of hydrogen-bond acceptors (Lipinski definition) is 7. The molecule has 4 aromatic rings. The van der Waals surface area contributed by atoms with Gasteiger partial charge in [0.15, 0.2) is 0 Å². The fourth-order valence-electron chi connectivity index (χ4n) is 2.92. The molecule has 1 atom stereocenters. The van der Waals surface area contributed by atoms with Gasteiger partial charge in [-0.2, -0.15) is 18.3 Å². The number of aliphatic hydroxyl groups excluding tert-OH is 1. The zero-order valence-electron chi connectivity index (χ0n) is 17.1. The van der Waals surface area contributed by atoms with Crippen LogP contribution in [0.15, 0.2) is 55.1 Å². The van der Waals surface area contributed by atoms with Crippen LogP contribution in [0, 0.1) is 0 Å². The maximum absolute atomic E-state index is 12.9. The quantitative estimate of drug-likeness (QED) is 0.410. The zero-order chi connectivity index (χ0) is 22.9. The normalized spacial score (nSPS) is 12.8. The lowest BCUT2D eigenvalue weighted by atomic mass is 10.2. The molecule has 0 bridgehead atoms. The summed E-state index contributed by atoms with van der Waals surface area (Å²) in [6.07, 6.45) is 0.658. The number of nitrogens with zero attached hydrogens (tertiary/aromatic N) is 5. The number of aliphatic hydroxyl groups is 1. The van der Waals surface area contributed by atoms with Crippen molar-refractivity contribution in [2.24, 2.45) is 0 Å². The van der Waals surface area contributed by atoms with Gasteiger partial charge in [0.1, 0.15) is 16.8 Å². The molecule has 0 fully saturated rings. The highest BCUT2D eigenvalue weighted by Crippen LogP contribution is 2.33. The van der Waals surface area contributed by atoms with Crippen molar-refractivity contribution in [3.63, 3.8) is 0 Å². The minimum Gasteiger partial charge on any atom is -0.381 e. The number of anilines is 2. The number of nitrogens with one attached hydrogen (secondary N) is 1. The molecule has 166 valence electrons. The highest BCUT2D eigenvalue weighted by atomic mass is 32.1. The van der Waals surface area contributed by atoms with Crippen LogP contribution in [-0.2, 0) is 6.18 Å². The van der Waals surface area contributed by atoms with Crippen molar-refractivity contribution in [1.82, 2.24) is 24.7 Å². The van der Waals surface area contributed by atoms with Gasteiger partial charge >= 0.3 is 6.18 Å². The van der Waals surface area contributed by atoms with Crippen LogP contribution in [0.1, 0.15) is 42.3 Å². The van der Waals surface area contributed by atoms with Gasteiger partial charge in [0.25, 0.3) is 0 Å². The SMILES string of the molecule is CC(C)n1cc(C(O)c2ncc(-c3cccc(Nc4nccc(C(F)(F)F)n4)c3)s2)cn1. The first-order valence-corrected chi connectivity index (χ1v) is 10.5. The molecule has 1 aromatic carbocycles. The Kier molecular flexibility index (Phi) is 5.94. The van der Waals surface area contributed by atoms with Gasteiger partial charge in [-0.3, -0.25) is 4.68 Å². The largest absolute Gasteiger partial charge is 0.433 e. The van der Waals surface area contributed by atoms with Crippen LogP contribution in [0.4, 0.5) is 24.8 Å². The van der Waals surface area contributed by atoms with Crippen molar-refractivity contribution in [3.05, 3.63) is 71.4 Å². The minimum atomic E-state index is -4.55. The number of hydrogen-bond donors (Lipinski definition) is 2. The maximum atomic E-state index is 12.9. The van der Waals surface area contributed by atoms with Crippen LogP contribution in [-0.4, -0.2) is 29.8 Å². The van der Waals surface area contributed by atoms with Gasteiger partial charge in [0.05, 0.1) is 11.1 Å². The lowest BCUT2D eigenvalue weighted by Gasteiger charge is -2.09. The average molecular weight is 460 g/mol. The first-order chi connectivity index (χ1) is 15.2. The summed E-state index contributed by atoms with van der Waals surface area (Å²) in [5.74, 6) is -0.153. The Labute approximate surface area is 185 Å². The summed E-state index contributed by atoms with van der Waals surface area (Å²) in [5.41, 5.74) is 0.941. The second-order valence-electron chi connectivity index (χ2n) is 7.28. The van der Waals surface area contributed by atoms with E-state index in [2.05, 4.69) is 25.4 Å². The summed E-state index contributed by atoms with van der Waals surface area (Å²) in [5, 5.41) is 18.2. The summed E-state index contributed by atoms with van der Waals surface area (Å²) in [7, 11) is 0. The number of benzene rings is 1. The van der Waals surface area contributed by atoms with Crippen LogP contribution in [0.3, 0.4) is 0 Å². The third kappa shape index (κ3) is 4.78. The molecule has 0 saturated heterocycles. The molecule has 0 aliphatic rings. The molecule has 32 heavy (non-hydrogen) atoms. The molecule has 0 aliphatic heterocycles. The fraction of sp³-hybridized carbons (Fsp3) is 0.238. The predicted octanol–water partition coefficient (Wildman–Crippen LogP) is 5.22. The van der Waals surface area contributed by atoms with E-state index in [0.29, 0.717) is 16.3 Å². The van der Waals surface area contributed by atoms with Gasteiger partial charge in [-0.15, -0.1) is 11.3 Å². The molecule has 11 heteroatoms. The number of halogens is 3. The highest BCUT2D eigenvalue weighted by Gasteiger charge is 2.32. The second-order valence-corrected chi connectivity index (χ2v) is 8.34. The van der Waals surface area contributed by atoms with Crippen molar-refractivity contribution < 1.29 is 18.3 Å². The summed E-state index contributed by atoms with van der Waals surface area (Å²) >= 11 is 1.32. The van der Waals surface area contributed by atoms with Crippen LogP contribution in [0.2, 0.25) is 0 Å². The first kappa shape index (κ1) is 21.9. The molecule has 2 N–H and O–H groups in total. The molecule has 0 aliphatic carbocycles. The van der Waals surface area contributed by atoms with Crippen molar-refractivity contribution in [2.75, 3.05) is 5.32 Å². The van der Waals surface area contributed by atoms with Crippen molar-refractivity contribution >= 4 is 23.0 Å². The maximum Gasteiger partial charge on any atom is 0.433 e. The molecule has 4 rings (SSSR count). The van der Waals surface area contributed by atoms with Gasteiger partial charge in [-0.05, 0) is 37.6 Å². The Morgan fingerprint density at radius 1 is 1.12 bits per heavy atom. The predicted molar refractivity (Wildman–Crippen MR) is 115 cm³/mol. The van der Waals surface area contributed by atoms with Gasteiger partial charge in [-0.1, -0.05) is 12.1 Å². The van der Waals surface area contributed by atoms with E-state index in [-0.39, 0.29) is 12.0 Å². The van der Waals surface area contributed by atoms with E-state index in [0.717, 1.165) is 22.7 Å². The van der Waals surface area contributed by atoms with Crippen LogP contribution in [0.25, 0.3) is 10.4 Å². The number of alkyl halides is 3. The zero-order valence-corrected chi connectivity index (χ0v) is 17.9. The van der Waals surface area contributed by atoms with Crippen LogP contribution >= 0.6 is 11.3 Å². The van der Waals surface area contributed by atoms with E-state index < -0.39 is 18.0 Å². The van der Waals surface area contributed by atoms with Gasteiger partial charge in [0, 0.05) is 35.9 Å². The molecule has 0 radical (unpaired) electrons. The lowest BCUT2D eigenvalue weighted by molar-refractivity contribution is -0.141. The highest BCUT2D eigenvalue weighted by molar-refractivity contribution is 7.15. The monoisotopic (exact) mass is 460 g/mol. The molecule has 0 spiro atoms. The Bertz CT molecular complexity index is 1220. The van der Waals surface area contributed by atoms with Crippen LogP contribution in [0.5, 0.6) is 0 Å². The van der Waals surface area contributed by atoms with Crippen molar-refractivity contribution in [1.29, 1.82) is 0 Å². The molecule has 0 amide bonds. The van der Waals surface area contributed by atoms with Crippen molar-refractivity contribution in [3.8, 4) is 10.4 Å². The van der Waals surface area contributed by atoms with E-state index in [1.807, 2.05) is 19.9 Å². The number of rotatable bonds is 6. The standard InChI is InChI=1S/C21H19F3N6OS/c1-12(2)30-11-14(9-27-30)18(31)19-26-10-16(32-19)13-4-3-5-15(8-13)28-20-25-7-6-17(29-20)21(22,23)24/h3-12,18,31H,1-2H3,(H,25,28,29). The molecular formula is C21H19F3N6OS. The Morgan fingerprint density at radius 3 is 2.66 bits per heavy atom. The summed E-state index contributed by atoms with van der Waals surface area (Å²) in [4.78, 5) is 12.5. The Morgan fingerprint density at radius 2 is 1.94 bits per heavy atom. The average Bonchev–Trinajstić information content (AvgIpc) is 3.43. The molecule has 7 nitrogen and oxygen atoms in total. The van der Waals surface area contributed by atoms with Crippen molar-refractivity contribution in [2.45, 2.75) is 32.2 Å². The van der Waals surface area contributed by atoms with E-state index in [1.54, 1.807) is 41.5 Å². The summed E-state index contributed by atoms with van der Waals surface area (Å²) in [6, 6.07) is 8.05. The molecule has 3 aromatic heterocycles. The Balaban J connectivity index is 1.53. The smallest absolute Gasteiger partial charge is 0.381 e. The van der Waals surface area contributed by atoms with Gasteiger partial charge in [-0.25, -0.2) is 15.0 Å². The van der Waals surface area contributed by atoms with Gasteiger partial charge in [0.2, 0.25) is 5.95 Å². The number of thiazole rings is 1. The third-order valence-corrected chi connectivity index (χ3v) is 5.67. The van der Waals surface area contributed by atoms with E-state index >= 15 is 0 Å². The third-order valence-electron chi connectivity index (χ3n) is 4.57. The molecule has 0 saturated carbocycles. The van der Waals surface area contributed by atoms with E-state index in [4.69, 9.17) is 0 Å². The number of aromatic nitrogens is 5. The first-order valence-electron chi connectivity index (χ1n) is 9.66. The summed E-state index contributed by atoms with van der Waals surface area (Å²) < 4.78 is 40.4. The Hall–Kier alpha value is -3.31.